The Morgan fingerprint density at radius 1 is 0.769 bits per heavy atom. The molecule has 0 bridgehead atoms. The van der Waals surface area contributed by atoms with E-state index < -0.39 is 9.85 Å². The van der Waals surface area contributed by atoms with Crippen molar-refractivity contribution in [3.8, 4) is 0 Å². The van der Waals surface area contributed by atoms with Gasteiger partial charge in [0, 0.05) is 35.0 Å². The highest BCUT2D eigenvalue weighted by Gasteiger charge is 2.12. The number of hydrogen-bond acceptors (Lipinski definition) is 6. The SMILES string of the molecule is O=[N+]([O-])c1ccc2cnn(CCn3ncc4ccc([N+](=O)[O-])cc43)c2c1. The first kappa shape index (κ1) is 15.7. The Morgan fingerprint density at radius 2 is 1.19 bits per heavy atom. The summed E-state index contributed by atoms with van der Waals surface area (Å²) in [6.45, 7) is 0.842. The Morgan fingerprint density at radius 3 is 1.58 bits per heavy atom. The number of aryl methyl sites for hydroxylation is 2. The zero-order valence-electron chi connectivity index (χ0n) is 13.3. The number of nitro groups is 2. The Labute approximate surface area is 145 Å². The van der Waals surface area contributed by atoms with E-state index in [2.05, 4.69) is 10.2 Å². The first-order chi connectivity index (χ1) is 12.5. The third-order valence-electron chi connectivity index (χ3n) is 4.20. The fourth-order valence-corrected chi connectivity index (χ4v) is 2.89. The van der Waals surface area contributed by atoms with Crippen molar-refractivity contribution in [2.75, 3.05) is 0 Å². The lowest BCUT2D eigenvalue weighted by Crippen LogP contribution is -2.09. The average Bonchev–Trinajstić information content (AvgIpc) is 3.22. The summed E-state index contributed by atoms with van der Waals surface area (Å²) < 4.78 is 3.32. The molecule has 4 aromatic rings. The highest BCUT2D eigenvalue weighted by atomic mass is 16.6. The topological polar surface area (TPSA) is 122 Å². The molecule has 4 rings (SSSR count). The van der Waals surface area contributed by atoms with E-state index in [1.165, 1.54) is 24.3 Å². The quantitative estimate of drug-likeness (QED) is 0.402. The molecular formula is C16H12N6O4. The molecule has 130 valence electrons. The number of non-ortho nitro benzene ring substituents is 2. The maximum absolute atomic E-state index is 11.0. The molecule has 10 heteroatoms. The van der Waals surface area contributed by atoms with Crippen LogP contribution in [0.4, 0.5) is 11.4 Å². The van der Waals surface area contributed by atoms with Crippen LogP contribution in [-0.4, -0.2) is 29.4 Å². The number of nitrogens with zero attached hydrogens (tertiary/aromatic N) is 6. The first-order valence-corrected chi connectivity index (χ1v) is 7.73. The maximum Gasteiger partial charge on any atom is 0.271 e. The minimum atomic E-state index is -0.447. The van der Waals surface area contributed by atoms with Gasteiger partial charge in [-0.2, -0.15) is 10.2 Å². The minimum absolute atomic E-state index is 0.000543. The highest BCUT2D eigenvalue weighted by molar-refractivity contribution is 5.81. The van der Waals surface area contributed by atoms with Gasteiger partial charge in [0.25, 0.3) is 11.4 Å². The molecule has 0 aliphatic rings. The van der Waals surface area contributed by atoms with Crippen molar-refractivity contribution in [1.82, 2.24) is 19.6 Å². The van der Waals surface area contributed by atoms with Gasteiger partial charge < -0.3 is 0 Å². The predicted octanol–water partition coefficient (Wildman–Crippen LogP) is 2.90. The van der Waals surface area contributed by atoms with E-state index in [4.69, 9.17) is 0 Å². The number of aromatic nitrogens is 4. The number of hydrogen-bond donors (Lipinski definition) is 0. The second kappa shape index (κ2) is 5.92. The van der Waals surface area contributed by atoms with E-state index in [-0.39, 0.29) is 11.4 Å². The summed E-state index contributed by atoms with van der Waals surface area (Å²) in [4.78, 5) is 21.0. The lowest BCUT2D eigenvalue weighted by atomic mass is 10.2. The maximum atomic E-state index is 11.0. The summed E-state index contributed by atoms with van der Waals surface area (Å²) in [5.74, 6) is 0. The zero-order valence-corrected chi connectivity index (χ0v) is 13.3. The van der Waals surface area contributed by atoms with Crippen LogP contribution < -0.4 is 0 Å². The van der Waals surface area contributed by atoms with E-state index in [0.717, 1.165) is 10.8 Å². The van der Waals surface area contributed by atoms with Gasteiger partial charge in [-0.05, 0) is 12.1 Å². The van der Waals surface area contributed by atoms with Crippen LogP contribution in [0, 0.1) is 20.2 Å². The summed E-state index contributed by atoms with van der Waals surface area (Å²) >= 11 is 0. The van der Waals surface area contributed by atoms with Gasteiger partial charge in [0.2, 0.25) is 0 Å². The molecule has 0 fully saturated rings. The third-order valence-corrected chi connectivity index (χ3v) is 4.20. The highest BCUT2D eigenvalue weighted by Crippen LogP contribution is 2.22. The van der Waals surface area contributed by atoms with E-state index >= 15 is 0 Å². The van der Waals surface area contributed by atoms with Crippen molar-refractivity contribution in [3.63, 3.8) is 0 Å². The van der Waals surface area contributed by atoms with Crippen LogP contribution in [0.5, 0.6) is 0 Å². The van der Waals surface area contributed by atoms with Crippen LogP contribution in [0.3, 0.4) is 0 Å². The molecule has 0 saturated heterocycles. The Bertz CT molecular complexity index is 1070. The average molecular weight is 352 g/mol. The fourth-order valence-electron chi connectivity index (χ4n) is 2.89. The summed E-state index contributed by atoms with van der Waals surface area (Å²) in [6, 6.07) is 9.15. The van der Waals surface area contributed by atoms with Gasteiger partial charge in [-0.3, -0.25) is 29.6 Å². The molecule has 26 heavy (non-hydrogen) atoms. The largest absolute Gasteiger partial charge is 0.271 e. The van der Waals surface area contributed by atoms with Crippen molar-refractivity contribution in [3.05, 3.63) is 69.0 Å². The molecule has 0 amide bonds. The molecule has 0 spiro atoms. The molecule has 0 aliphatic carbocycles. The van der Waals surface area contributed by atoms with Gasteiger partial charge in [0.1, 0.15) is 0 Å². The van der Waals surface area contributed by atoms with E-state index in [0.29, 0.717) is 24.1 Å². The summed E-state index contributed by atoms with van der Waals surface area (Å²) in [5.41, 5.74) is 1.31. The van der Waals surface area contributed by atoms with E-state index in [1.54, 1.807) is 33.9 Å². The molecule has 0 N–H and O–H groups in total. The smallest absolute Gasteiger partial charge is 0.263 e. The second-order valence-corrected chi connectivity index (χ2v) is 5.74. The number of benzene rings is 2. The predicted molar refractivity (Wildman–Crippen MR) is 92.8 cm³/mol. The van der Waals surface area contributed by atoms with Gasteiger partial charge in [0.05, 0.1) is 46.4 Å². The van der Waals surface area contributed by atoms with Gasteiger partial charge in [0.15, 0.2) is 0 Å². The first-order valence-electron chi connectivity index (χ1n) is 7.73. The second-order valence-electron chi connectivity index (χ2n) is 5.74. The van der Waals surface area contributed by atoms with E-state index in [9.17, 15) is 20.2 Å². The standard InChI is InChI=1S/C16H12N6O4/c23-21(24)13-3-1-11-9-17-19(15(11)7-13)5-6-20-16-8-14(22(25)26)4-2-12(16)10-18-20/h1-4,7-10H,5-6H2. The molecule has 0 unspecified atom stereocenters. The van der Waals surface area contributed by atoms with Crippen molar-refractivity contribution in [2.45, 2.75) is 13.1 Å². The fraction of sp³-hybridized carbons (Fsp3) is 0.125. The number of fused-ring (bicyclic) bond motifs is 2. The monoisotopic (exact) mass is 352 g/mol. The lowest BCUT2D eigenvalue weighted by Gasteiger charge is -2.06. The van der Waals surface area contributed by atoms with Gasteiger partial charge >= 0.3 is 0 Å². The van der Waals surface area contributed by atoms with Gasteiger partial charge in [-0.1, -0.05) is 0 Å². The van der Waals surface area contributed by atoms with Crippen molar-refractivity contribution < 1.29 is 9.85 Å². The van der Waals surface area contributed by atoms with Crippen LogP contribution in [0.15, 0.2) is 48.8 Å². The van der Waals surface area contributed by atoms with Gasteiger partial charge in [-0.15, -0.1) is 0 Å². The summed E-state index contributed by atoms with van der Waals surface area (Å²) in [5, 5.41) is 32.1. The van der Waals surface area contributed by atoms with Gasteiger partial charge in [-0.25, -0.2) is 0 Å². The van der Waals surface area contributed by atoms with Crippen molar-refractivity contribution in [1.29, 1.82) is 0 Å². The van der Waals surface area contributed by atoms with E-state index in [1.807, 2.05) is 0 Å². The van der Waals surface area contributed by atoms with Crippen molar-refractivity contribution >= 4 is 33.2 Å². The zero-order chi connectivity index (χ0) is 18.3. The van der Waals surface area contributed by atoms with Crippen LogP contribution >= 0.6 is 0 Å². The van der Waals surface area contributed by atoms with Crippen LogP contribution in [0.25, 0.3) is 21.8 Å². The molecule has 0 aliphatic heterocycles. The summed E-state index contributed by atoms with van der Waals surface area (Å²) in [7, 11) is 0. The third kappa shape index (κ3) is 2.62. The molecule has 0 radical (unpaired) electrons. The lowest BCUT2D eigenvalue weighted by molar-refractivity contribution is -0.384. The van der Waals surface area contributed by atoms with Crippen LogP contribution in [0.1, 0.15) is 0 Å². The molecule has 2 aromatic carbocycles. The Kier molecular flexibility index (Phi) is 3.57. The van der Waals surface area contributed by atoms with Crippen LogP contribution in [0.2, 0.25) is 0 Å². The Hall–Kier alpha value is -3.82. The van der Waals surface area contributed by atoms with Crippen LogP contribution in [-0.2, 0) is 13.1 Å². The minimum Gasteiger partial charge on any atom is -0.263 e. The summed E-state index contributed by atoms with van der Waals surface area (Å²) in [6.07, 6.45) is 3.29. The van der Waals surface area contributed by atoms with Crippen molar-refractivity contribution in [2.24, 2.45) is 0 Å². The Balaban J connectivity index is 1.65. The molecule has 2 heterocycles. The molecule has 0 atom stereocenters. The molecule has 0 saturated carbocycles. The molecule has 2 aromatic heterocycles. The normalized spacial score (nSPS) is 11.2. The molecular weight excluding hydrogens is 340 g/mol. The number of rotatable bonds is 5. The molecule has 10 nitrogen and oxygen atoms in total. The number of nitro benzene ring substituents is 2.